The van der Waals surface area contributed by atoms with Crippen molar-refractivity contribution in [1.82, 2.24) is 0 Å². The molecule has 0 saturated heterocycles. The largest absolute Gasteiger partial charge is 0.307 e. The van der Waals surface area contributed by atoms with Crippen LogP contribution in [-0.2, 0) is 6.42 Å². The molecule has 0 aliphatic carbocycles. The van der Waals surface area contributed by atoms with Crippen LogP contribution in [0.3, 0.4) is 0 Å². The van der Waals surface area contributed by atoms with Crippen LogP contribution in [0.25, 0.3) is 0 Å². The Morgan fingerprint density at radius 3 is 2.75 bits per heavy atom. The number of rotatable bonds is 1. The van der Waals surface area contributed by atoms with Crippen LogP contribution in [0.5, 0.6) is 0 Å². The summed E-state index contributed by atoms with van der Waals surface area (Å²) >= 11 is 8.38. The van der Waals surface area contributed by atoms with Crippen molar-refractivity contribution in [2.24, 2.45) is 0 Å². The van der Waals surface area contributed by atoms with E-state index in [4.69, 9.17) is 0 Å². The van der Waals surface area contributed by atoms with E-state index in [0.29, 0.717) is 0 Å². The highest BCUT2D eigenvalue weighted by atomic mass is 79.9. The van der Waals surface area contributed by atoms with Crippen LogP contribution in [0.1, 0.15) is 28.1 Å². The second-order valence-corrected chi connectivity index (χ2v) is 8.00. The Morgan fingerprint density at radius 1 is 1.20 bits per heavy atom. The Hall–Kier alpha value is -0.650. The van der Waals surface area contributed by atoms with Gasteiger partial charge in [-0.1, -0.05) is 18.2 Å². The van der Waals surface area contributed by atoms with E-state index in [1.165, 1.54) is 16.9 Å². The summed E-state index contributed by atoms with van der Waals surface area (Å²) in [6, 6.07) is 10.1. The number of carbonyl (C=O) groups excluding carboxylic acids is 1. The first-order chi connectivity index (χ1) is 9.66. The summed E-state index contributed by atoms with van der Waals surface area (Å²) in [4.78, 5) is 15.5. The number of benzene rings is 1. The molecule has 1 aliphatic heterocycles. The molecule has 20 heavy (non-hydrogen) atoms. The third-order valence-electron chi connectivity index (χ3n) is 3.46. The molecule has 2 aromatic rings. The van der Waals surface area contributed by atoms with Crippen LogP contribution >= 0.6 is 43.2 Å². The van der Waals surface area contributed by atoms with Gasteiger partial charge in [-0.3, -0.25) is 4.79 Å². The smallest absolute Gasteiger partial charge is 0.268 e. The normalized spacial score (nSPS) is 14.8. The van der Waals surface area contributed by atoms with Gasteiger partial charge in [0, 0.05) is 16.7 Å². The first-order valence-electron chi connectivity index (χ1n) is 6.51. The average Bonchev–Trinajstić information content (AvgIpc) is 2.68. The van der Waals surface area contributed by atoms with Crippen molar-refractivity contribution < 1.29 is 4.79 Å². The van der Waals surface area contributed by atoms with Crippen LogP contribution in [0.2, 0.25) is 0 Å². The van der Waals surface area contributed by atoms with E-state index in [1.54, 1.807) is 0 Å². The van der Waals surface area contributed by atoms with E-state index in [0.717, 1.165) is 44.6 Å². The maximum Gasteiger partial charge on any atom is 0.268 e. The van der Waals surface area contributed by atoms with Crippen molar-refractivity contribution >= 4 is 54.8 Å². The molecule has 0 spiro atoms. The van der Waals surface area contributed by atoms with Crippen LogP contribution in [0, 0.1) is 0 Å². The Balaban J connectivity index is 1.99. The van der Waals surface area contributed by atoms with Crippen molar-refractivity contribution in [3.8, 4) is 0 Å². The number of hydrogen-bond donors (Lipinski definition) is 0. The maximum absolute atomic E-state index is 12.8. The van der Waals surface area contributed by atoms with Gasteiger partial charge in [0.25, 0.3) is 5.91 Å². The minimum absolute atomic E-state index is 0.0933. The molecule has 0 saturated carbocycles. The standard InChI is InChI=1S/C15H13Br2NOS/c16-11-9-13(20-14(11)17)15(19)18-8-4-3-6-10-5-1-2-7-12(10)18/h1-2,5,7,9H,3-4,6,8H2. The van der Waals surface area contributed by atoms with Crippen LogP contribution in [0.4, 0.5) is 5.69 Å². The average molecular weight is 415 g/mol. The van der Waals surface area contributed by atoms with Gasteiger partial charge in [-0.25, -0.2) is 0 Å². The monoisotopic (exact) mass is 413 g/mol. The molecule has 1 aromatic heterocycles. The van der Waals surface area contributed by atoms with Crippen molar-refractivity contribution in [2.75, 3.05) is 11.4 Å². The highest BCUT2D eigenvalue weighted by Crippen LogP contribution is 2.35. The molecule has 1 aromatic carbocycles. The van der Waals surface area contributed by atoms with Crippen LogP contribution < -0.4 is 4.90 Å². The van der Waals surface area contributed by atoms with Crippen molar-refractivity contribution in [1.29, 1.82) is 0 Å². The van der Waals surface area contributed by atoms with Gasteiger partial charge in [0.05, 0.1) is 8.66 Å². The molecule has 3 rings (SSSR count). The molecule has 1 aliphatic rings. The van der Waals surface area contributed by atoms with Crippen LogP contribution in [0.15, 0.2) is 38.6 Å². The molecule has 0 unspecified atom stereocenters. The Kier molecular flexibility index (Phi) is 4.29. The van der Waals surface area contributed by atoms with Gasteiger partial charge < -0.3 is 4.90 Å². The summed E-state index contributed by atoms with van der Waals surface area (Å²) in [6.45, 7) is 0.795. The lowest BCUT2D eigenvalue weighted by Crippen LogP contribution is -2.31. The Bertz CT molecular complexity index is 634. The summed E-state index contributed by atoms with van der Waals surface area (Å²) in [5, 5.41) is 0. The Morgan fingerprint density at radius 2 is 2.00 bits per heavy atom. The fraction of sp³-hybridized carbons (Fsp3) is 0.267. The molecule has 0 radical (unpaired) electrons. The number of halogens is 2. The summed E-state index contributed by atoms with van der Waals surface area (Å²) in [5.74, 6) is 0.0933. The summed E-state index contributed by atoms with van der Waals surface area (Å²) in [7, 11) is 0. The molecular formula is C15H13Br2NOS. The molecule has 0 fully saturated rings. The second kappa shape index (κ2) is 6.00. The van der Waals surface area contributed by atoms with E-state index in [9.17, 15) is 4.79 Å². The van der Waals surface area contributed by atoms with Gasteiger partial charge in [0.2, 0.25) is 0 Å². The van der Waals surface area contributed by atoms with E-state index >= 15 is 0 Å². The molecule has 1 amide bonds. The predicted octanol–water partition coefficient (Wildman–Crippen LogP) is 5.26. The predicted molar refractivity (Wildman–Crippen MR) is 90.8 cm³/mol. The lowest BCUT2D eigenvalue weighted by atomic mass is 10.1. The number of para-hydroxylation sites is 1. The van der Waals surface area contributed by atoms with E-state index in [1.807, 2.05) is 23.1 Å². The first-order valence-corrected chi connectivity index (χ1v) is 8.91. The number of nitrogens with zero attached hydrogens (tertiary/aromatic N) is 1. The van der Waals surface area contributed by atoms with E-state index < -0.39 is 0 Å². The van der Waals surface area contributed by atoms with E-state index in [2.05, 4.69) is 44.0 Å². The third kappa shape index (κ3) is 2.71. The molecule has 0 atom stereocenters. The summed E-state index contributed by atoms with van der Waals surface area (Å²) in [5.41, 5.74) is 2.34. The number of amides is 1. The number of fused-ring (bicyclic) bond motifs is 1. The van der Waals surface area contributed by atoms with Gasteiger partial charge in [0.1, 0.15) is 0 Å². The van der Waals surface area contributed by atoms with Crippen LogP contribution in [-0.4, -0.2) is 12.5 Å². The van der Waals surface area contributed by atoms with Gasteiger partial charge in [-0.05, 0) is 68.8 Å². The highest BCUT2D eigenvalue weighted by molar-refractivity contribution is 9.13. The fourth-order valence-corrected chi connectivity index (χ4v) is 4.47. The van der Waals surface area contributed by atoms with E-state index in [-0.39, 0.29) is 5.91 Å². The minimum atomic E-state index is 0.0933. The molecule has 2 heterocycles. The van der Waals surface area contributed by atoms with Crippen molar-refractivity contribution in [2.45, 2.75) is 19.3 Å². The highest BCUT2D eigenvalue weighted by Gasteiger charge is 2.23. The molecule has 104 valence electrons. The van der Waals surface area contributed by atoms with Gasteiger partial charge in [-0.2, -0.15) is 0 Å². The first kappa shape index (κ1) is 14.3. The topological polar surface area (TPSA) is 20.3 Å². The van der Waals surface area contributed by atoms with Gasteiger partial charge in [-0.15, -0.1) is 11.3 Å². The number of anilines is 1. The molecular weight excluding hydrogens is 402 g/mol. The zero-order valence-electron chi connectivity index (χ0n) is 10.7. The zero-order chi connectivity index (χ0) is 14.1. The molecule has 0 N–H and O–H groups in total. The van der Waals surface area contributed by atoms with Gasteiger partial charge >= 0.3 is 0 Å². The van der Waals surface area contributed by atoms with Crippen molar-refractivity contribution in [3.05, 3.63) is 49.0 Å². The fourth-order valence-electron chi connectivity index (χ4n) is 2.49. The minimum Gasteiger partial charge on any atom is -0.307 e. The second-order valence-electron chi connectivity index (χ2n) is 4.77. The summed E-state index contributed by atoms with van der Waals surface area (Å²) in [6.07, 6.45) is 3.24. The number of aryl methyl sites for hydroxylation is 1. The molecule has 0 bridgehead atoms. The SMILES string of the molecule is O=C(c1cc(Br)c(Br)s1)N1CCCCc2ccccc21. The zero-order valence-corrected chi connectivity index (χ0v) is 14.7. The third-order valence-corrected chi connectivity index (χ3v) is 6.71. The number of thiophene rings is 1. The Labute approximate surface area is 139 Å². The quantitative estimate of drug-likeness (QED) is 0.623. The number of carbonyl (C=O) groups is 1. The lowest BCUT2D eigenvalue weighted by Gasteiger charge is -2.22. The number of hydrogen-bond acceptors (Lipinski definition) is 2. The lowest BCUT2D eigenvalue weighted by molar-refractivity contribution is 0.0991. The molecule has 5 heteroatoms. The van der Waals surface area contributed by atoms with Crippen molar-refractivity contribution in [3.63, 3.8) is 0 Å². The summed E-state index contributed by atoms with van der Waals surface area (Å²) < 4.78 is 1.90. The maximum atomic E-state index is 12.8. The van der Waals surface area contributed by atoms with Gasteiger partial charge in [0.15, 0.2) is 0 Å². The molecule has 2 nitrogen and oxygen atoms in total.